The van der Waals surface area contributed by atoms with E-state index < -0.39 is 9.84 Å². The van der Waals surface area contributed by atoms with Crippen LogP contribution in [0.5, 0.6) is 0 Å². The molecule has 1 aliphatic heterocycles. The van der Waals surface area contributed by atoms with Gasteiger partial charge in [-0.05, 0) is 43.9 Å². The fourth-order valence-corrected chi connectivity index (χ4v) is 3.83. The zero-order chi connectivity index (χ0) is 16.6. The van der Waals surface area contributed by atoms with Crippen LogP contribution in [0.2, 0.25) is 0 Å². The molecule has 0 saturated carbocycles. The minimum Gasteiger partial charge on any atom is -0.367 e. The molecule has 1 fully saturated rings. The number of benzene rings is 1. The lowest BCUT2D eigenvalue weighted by Gasteiger charge is -2.07. The maximum atomic E-state index is 12.0. The van der Waals surface area contributed by atoms with Gasteiger partial charge in [-0.25, -0.2) is 8.42 Å². The summed E-state index contributed by atoms with van der Waals surface area (Å²) in [6, 6.07) is 5.20. The maximum absolute atomic E-state index is 12.0. The van der Waals surface area contributed by atoms with E-state index in [9.17, 15) is 8.42 Å². The predicted octanol–water partition coefficient (Wildman–Crippen LogP) is 2.94. The Labute approximate surface area is 135 Å². The number of rotatable bonds is 4. The Morgan fingerprint density at radius 3 is 2.70 bits per heavy atom. The normalized spacial score (nSPS) is 21.7. The molecule has 2 heterocycles. The molecule has 23 heavy (non-hydrogen) atoms. The molecule has 2 aromatic rings. The molecular formula is C16H20N2O4S. The van der Waals surface area contributed by atoms with Crippen LogP contribution >= 0.6 is 0 Å². The zero-order valence-electron chi connectivity index (χ0n) is 13.4. The highest BCUT2D eigenvalue weighted by Crippen LogP contribution is 2.32. The number of nitrogens with zero attached hydrogens (tertiary/aromatic N) is 2. The van der Waals surface area contributed by atoms with Crippen molar-refractivity contribution in [3.8, 4) is 11.5 Å². The van der Waals surface area contributed by atoms with Crippen molar-refractivity contribution in [1.82, 2.24) is 10.1 Å². The summed E-state index contributed by atoms with van der Waals surface area (Å²) in [7, 11) is -3.31. The average molecular weight is 336 g/mol. The molecule has 0 radical (unpaired) electrons. The quantitative estimate of drug-likeness (QED) is 0.854. The molecular weight excluding hydrogens is 316 g/mol. The second-order valence-corrected chi connectivity index (χ2v) is 7.90. The van der Waals surface area contributed by atoms with Crippen molar-refractivity contribution in [3.05, 3.63) is 29.6 Å². The summed E-state index contributed by atoms with van der Waals surface area (Å²) in [4.78, 5) is 4.69. The Kier molecular flexibility index (Phi) is 4.25. The number of sulfone groups is 1. The van der Waals surface area contributed by atoms with E-state index in [0.717, 1.165) is 18.4 Å². The predicted molar refractivity (Wildman–Crippen MR) is 84.7 cm³/mol. The van der Waals surface area contributed by atoms with E-state index in [4.69, 9.17) is 9.26 Å². The second kappa shape index (κ2) is 6.05. The molecule has 124 valence electrons. The average Bonchev–Trinajstić information content (AvgIpc) is 3.14. The van der Waals surface area contributed by atoms with Crippen molar-refractivity contribution >= 4 is 9.84 Å². The third-order valence-electron chi connectivity index (χ3n) is 4.06. The first-order chi connectivity index (χ1) is 10.9. The van der Waals surface area contributed by atoms with Crippen LogP contribution < -0.4 is 0 Å². The fraction of sp³-hybridized carbons (Fsp3) is 0.500. The number of ether oxygens (including phenoxy) is 1. The SMILES string of the molecule is CCc1ccc(-c2nc(C3CCC(C)O3)no2)cc1S(C)(=O)=O. The largest absolute Gasteiger partial charge is 0.367 e. The van der Waals surface area contributed by atoms with Gasteiger partial charge in [-0.15, -0.1) is 0 Å². The number of hydrogen-bond donors (Lipinski definition) is 0. The lowest BCUT2D eigenvalue weighted by atomic mass is 10.1. The lowest BCUT2D eigenvalue weighted by Crippen LogP contribution is -2.03. The standard InChI is InChI=1S/C16H20N2O4S/c1-4-11-6-7-12(9-14(11)23(3,19)20)16-17-15(18-22-16)13-8-5-10(2)21-13/h6-7,9-10,13H,4-5,8H2,1-3H3. The highest BCUT2D eigenvalue weighted by molar-refractivity contribution is 7.90. The molecule has 0 aliphatic carbocycles. The van der Waals surface area contributed by atoms with Crippen LogP contribution in [0.4, 0.5) is 0 Å². The van der Waals surface area contributed by atoms with Crippen LogP contribution in [0, 0.1) is 0 Å². The monoisotopic (exact) mass is 336 g/mol. The third-order valence-corrected chi connectivity index (χ3v) is 5.24. The maximum Gasteiger partial charge on any atom is 0.258 e. The Balaban J connectivity index is 1.95. The highest BCUT2D eigenvalue weighted by Gasteiger charge is 2.28. The molecule has 1 aliphatic rings. The Hall–Kier alpha value is -1.73. The summed E-state index contributed by atoms with van der Waals surface area (Å²) in [5, 5.41) is 3.98. The Morgan fingerprint density at radius 1 is 1.30 bits per heavy atom. The van der Waals surface area contributed by atoms with E-state index in [0.29, 0.717) is 28.6 Å². The number of aromatic nitrogens is 2. The summed E-state index contributed by atoms with van der Waals surface area (Å²) >= 11 is 0. The Bertz CT molecular complexity index is 813. The van der Waals surface area contributed by atoms with Crippen LogP contribution in [0.15, 0.2) is 27.6 Å². The molecule has 0 bridgehead atoms. The highest BCUT2D eigenvalue weighted by atomic mass is 32.2. The summed E-state index contributed by atoms with van der Waals surface area (Å²) in [6.07, 6.45) is 3.74. The van der Waals surface area contributed by atoms with Crippen molar-refractivity contribution in [2.75, 3.05) is 6.26 Å². The van der Waals surface area contributed by atoms with Gasteiger partial charge in [0.05, 0.1) is 11.0 Å². The molecule has 1 aromatic heterocycles. The van der Waals surface area contributed by atoms with Gasteiger partial charge >= 0.3 is 0 Å². The molecule has 0 spiro atoms. The van der Waals surface area contributed by atoms with E-state index >= 15 is 0 Å². The van der Waals surface area contributed by atoms with Gasteiger partial charge in [0.2, 0.25) is 5.82 Å². The van der Waals surface area contributed by atoms with Gasteiger partial charge in [0.1, 0.15) is 6.10 Å². The van der Waals surface area contributed by atoms with E-state index in [2.05, 4.69) is 10.1 Å². The van der Waals surface area contributed by atoms with Crippen molar-refractivity contribution in [1.29, 1.82) is 0 Å². The zero-order valence-corrected chi connectivity index (χ0v) is 14.3. The second-order valence-electron chi connectivity index (χ2n) is 5.92. The lowest BCUT2D eigenvalue weighted by molar-refractivity contribution is 0.0489. The van der Waals surface area contributed by atoms with Crippen molar-refractivity contribution in [2.45, 2.75) is 50.2 Å². The first kappa shape index (κ1) is 16.1. The van der Waals surface area contributed by atoms with Crippen molar-refractivity contribution in [3.63, 3.8) is 0 Å². The van der Waals surface area contributed by atoms with E-state index in [1.807, 2.05) is 19.9 Å². The first-order valence-corrected chi connectivity index (χ1v) is 9.60. The molecule has 2 atom stereocenters. The minimum absolute atomic E-state index is 0.146. The molecule has 1 saturated heterocycles. The van der Waals surface area contributed by atoms with Crippen LogP contribution in [0.3, 0.4) is 0 Å². The summed E-state index contributed by atoms with van der Waals surface area (Å²) in [5.74, 6) is 0.834. The topological polar surface area (TPSA) is 82.3 Å². The smallest absolute Gasteiger partial charge is 0.258 e. The third kappa shape index (κ3) is 3.30. The van der Waals surface area contributed by atoms with Crippen molar-refractivity contribution < 1.29 is 17.7 Å². The molecule has 6 nitrogen and oxygen atoms in total. The number of hydrogen-bond acceptors (Lipinski definition) is 6. The summed E-state index contributed by atoms with van der Waals surface area (Å²) in [6.45, 7) is 3.94. The summed E-state index contributed by atoms with van der Waals surface area (Å²) in [5.41, 5.74) is 1.39. The van der Waals surface area contributed by atoms with Gasteiger partial charge in [-0.3, -0.25) is 0 Å². The summed E-state index contributed by atoms with van der Waals surface area (Å²) < 4.78 is 35.0. The van der Waals surface area contributed by atoms with Crippen LogP contribution in [0.25, 0.3) is 11.5 Å². The van der Waals surface area contributed by atoms with Gasteiger partial charge in [0.25, 0.3) is 5.89 Å². The molecule has 1 aromatic carbocycles. The van der Waals surface area contributed by atoms with Crippen LogP contribution in [0.1, 0.15) is 44.2 Å². The van der Waals surface area contributed by atoms with Gasteiger partial charge in [0.15, 0.2) is 9.84 Å². The molecule has 3 rings (SSSR count). The van der Waals surface area contributed by atoms with Gasteiger partial charge in [0, 0.05) is 11.8 Å². The van der Waals surface area contributed by atoms with Gasteiger partial charge in [-0.1, -0.05) is 18.1 Å². The molecule has 2 unspecified atom stereocenters. The van der Waals surface area contributed by atoms with Crippen LogP contribution in [-0.4, -0.2) is 30.9 Å². The van der Waals surface area contributed by atoms with Gasteiger partial charge in [-0.2, -0.15) is 4.98 Å². The van der Waals surface area contributed by atoms with Crippen LogP contribution in [-0.2, 0) is 21.0 Å². The van der Waals surface area contributed by atoms with E-state index in [1.54, 1.807) is 12.1 Å². The Morgan fingerprint density at radius 2 is 2.09 bits per heavy atom. The molecule has 7 heteroatoms. The van der Waals surface area contributed by atoms with Gasteiger partial charge < -0.3 is 9.26 Å². The molecule has 0 N–H and O–H groups in total. The number of aryl methyl sites for hydroxylation is 1. The minimum atomic E-state index is -3.31. The van der Waals surface area contributed by atoms with E-state index in [1.165, 1.54) is 6.26 Å². The first-order valence-electron chi connectivity index (χ1n) is 7.71. The van der Waals surface area contributed by atoms with Crippen molar-refractivity contribution in [2.24, 2.45) is 0 Å². The van der Waals surface area contributed by atoms with E-state index in [-0.39, 0.29) is 12.2 Å². The fourth-order valence-electron chi connectivity index (χ4n) is 2.80. The molecule has 0 amide bonds.